The number of nitriles is 1. The van der Waals surface area contributed by atoms with Gasteiger partial charge in [0, 0.05) is 22.6 Å². The molecule has 1 aromatic heterocycles. The van der Waals surface area contributed by atoms with Crippen molar-refractivity contribution in [3.63, 3.8) is 0 Å². The molecule has 0 saturated carbocycles. The molecule has 0 aliphatic carbocycles. The van der Waals surface area contributed by atoms with Gasteiger partial charge in [0.15, 0.2) is 0 Å². The van der Waals surface area contributed by atoms with Crippen LogP contribution in [-0.2, 0) is 0 Å². The molecule has 0 fully saturated rings. The van der Waals surface area contributed by atoms with Crippen LogP contribution < -0.4 is 10.6 Å². The Morgan fingerprint density at radius 1 is 1.15 bits per heavy atom. The minimum atomic E-state index is -0.263. The molecule has 3 aromatic rings. The predicted molar refractivity (Wildman–Crippen MR) is 103 cm³/mol. The van der Waals surface area contributed by atoms with Gasteiger partial charge in [-0.25, -0.2) is 4.98 Å². The van der Waals surface area contributed by atoms with Gasteiger partial charge in [-0.1, -0.05) is 23.7 Å². The molecule has 0 aliphatic rings. The van der Waals surface area contributed by atoms with Crippen LogP contribution in [0.25, 0.3) is 0 Å². The number of nitrogens with one attached hydrogen (secondary N) is 2. The lowest BCUT2D eigenvalue weighted by Gasteiger charge is -2.10. The van der Waals surface area contributed by atoms with Crippen LogP contribution in [0.3, 0.4) is 0 Å². The number of nitrogens with zero attached hydrogens (tertiary/aromatic N) is 2. The molecule has 26 heavy (non-hydrogen) atoms. The minimum Gasteiger partial charge on any atom is -0.340 e. The third kappa shape index (κ3) is 4.00. The molecule has 0 radical (unpaired) electrons. The SMILES string of the molecule is Cc1c(Cl)cccc1NC(=O)c1ccc(Nc2cccc(C#N)c2)nc1. The van der Waals surface area contributed by atoms with Crippen molar-refractivity contribution in [2.75, 3.05) is 10.6 Å². The fraction of sp³-hybridized carbons (Fsp3) is 0.0500. The number of anilines is 3. The lowest BCUT2D eigenvalue weighted by molar-refractivity contribution is 0.102. The molecule has 1 amide bonds. The number of hydrogen-bond acceptors (Lipinski definition) is 4. The average molecular weight is 363 g/mol. The van der Waals surface area contributed by atoms with E-state index >= 15 is 0 Å². The summed E-state index contributed by atoms with van der Waals surface area (Å²) in [6, 6.07) is 17.9. The lowest BCUT2D eigenvalue weighted by atomic mass is 10.2. The van der Waals surface area contributed by atoms with Crippen molar-refractivity contribution >= 4 is 34.7 Å². The monoisotopic (exact) mass is 362 g/mol. The Morgan fingerprint density at radius 2 is 1.96 bits per heavy atom. The fourth-order valence-electron chi connectivity index (χ4n) is 2.35. The fourth-order valence-corrected chi connectivity index (χ4v) is 2.53. The second-order valence-corrected chi connectivity index (χ2v) is 6.02. The largest absolute Gasteiger partial charge is 0.340 e. The van der Waals surface area contributed by atoms with Gasteiger partial charge in [0.25, 0.3) is 5.91 Å². The van der Waals surface area contributed by atoms with E-state index in [0.29, 0.717) is 27.7 Å². The molecular weight excluding hydrogens is 348 g/mol. The van der Waals surface area contributed by atoms with Crippen LogP contribution in [0.4, 0.5) is 17.2 Å². The lowest BCUT2D eigenvalue weighted by Crippen LogP contribution is -2.13. The normalized spacial score (nSPS) is 10.0. The van der Waals surface area contributed by atoms with E-state index in [1.807, 2.05) is 13.0 Å². The van der Waals surface area contributed by atoms with Gasteiger partial charge in [-0.15, -0.1) is 0 Å². The van der Waals surface area contributed by atoms with E-state index in [1.165, 1.54) is 6.20 Å². The van der Waals surface area contributed by atoms with E-state index in [-0.39, 0.29) is 5.91 Å². The van der Waals surface area contributed by atoms with Crippen LogP contribution in [-0.4, -0.2) is 10.9 Å². The third-order valence-electron chi connectivity index (χ3n) is 3.81. The van der Waals surface area contributed by atoms with Crippen molar-refractivity contribution in [2.45, 2.75) is 6.92 Å². The van der Waals surface area contributed by atoms with Gasteiger partial charge >= 0.3 is 0 Å². The van der Waals surface area contributed by atoms with E-state index in [2.05, 4.69) is 21.7 Å². The number of carbonyl (C=O) groups excluding carboxylic acids is 1. The molecule has 2 N–H and O–H groups in total. The summed E-state index contributed by atoms with van der Waals surface area (Å²) in [6.07, 6.45) is 1.49. The molecule has 0 atom stereocenters. The topological polar surface area (TPSA) is 77.8 Å². The third-order valence-corrected chi connectivity index (χ3v) is 4.22. The van der Waals surface area contributed by atoms with Crippen molar-refractivity contribution < 1.29 is 4.79 Å². The van der Waals surface area contributed by atoms with Crippen LogP contribution in [0.1, 0.15) is 21.5 Å². The molecule has 3 rings (SSSR count). The summed E-state index contributed by atoms with van der Waals surface area (Å²) in [5.41, 5.74) is 3.22. The number of hydrogen-bond donors (Lipinski definition) is 2. The van der Waals surface area contributed by atoms with E-state index in [1.54, 1.807) is 48.5 Å². The smallest absolute Gasteiger partial charge is 0.257 e. The zero-order chi connectivity index (χ0) is 18.5. The maximum absolute atomic E-state index is 12.4. The number of amides is 1. The maximum Gasteiger partial charge on any atom is 0.257 e. The Morgan fingerprint density at radius 3 is 2.69 bits per heavy atom. The maximum atomic E-state index is 12.4. The summed E-state index contributed by atoms with van der Waals surface area (Å²) in [7, 11) is 0. The first kappa shape index (κ1) is 17.5. The summed E-state index contributed by atoms with van der Waals surface area (Å²) in [4.78, 5) is 16.6. The van der Waals surface area contributed by atoms with Crippen molar-refractivity contribution in [1.82, 2.24) is 4.98 Å². The van der Waals surface area contributed by atoms with Gasteiger partial charge in [-0.3, -0.25) is 4.79 Å². The Labute approximate surface area is 156 Å². The first-order chi connectivity index (χ1) is 12.6. The average Bonchev–Trinajstić information content (AvgIpc) is 2.66. The van der Waals surface area contributed by atoms with Gasteiger partial charge < -0.3 is 10.6 Å². The summed E-state index contributed by atoms with van der Waals surface area (Å²) in [6.45, 7) is 1.85. The second kappa shape index (κ2) is 7.68. The molecule has 0 unspecified atom stereocenters. The Bertz CT molecular complexity index is 993. The molecule has 128 valence electrons. The second-order valence-electron chi connectivity index (χ2n) is 5.62. The highest BCUT2D eigenvalue weighted by Gasteiger charge is 2.10. The van der Waals surface area contributed by atoms with E-state index in [0.717, 1.165) is 11.3 Å². The number of benzene rings is 2. The van der Waals surface area contributed by atoms with Crippen molar-refractivity contribution in [3.05, 3.63) is 82.5 Å². The highest BCUT2D eigenvalue weighted by atomic mass is 35.5. The highest BCUT2D eigenvalue weighted by Crippen LogP contribution is 2.23. The highest BCUT2D eigenvalue weighted by molar-refractivity contribution is 6.31. The minimum absolute atomic E-state index is 0.263. The quantitative estimate of drug-likeness (QED) is 0.691. The van der Waals surface area contributed by atoms with Gasteiger partial charge in [0.05, 0.1) is 17.2 Å². The van der Waals surface area contributed by atoms with Gasteiger partial charge in [-0.2, -0.15) is 5.26 Å². The van der Waals surface area contributed by atoms with Gasteiger partial charge in [0.1, 0.15) is 5.82 Å². The summed E-state index contributed by atoms with van der Waals surface area (Å²) in [5, 5.41) is 15.5. The Balaban J connectivity index is 1.71. The van der Waals surface area contributed by atoms with Crippen LogP contribution in [0, 0.1) is 18.3 Å². The molecule has 2 aromatic carbocycles. The standard InChI is InChI=1S/C20H15ClN4O/c1-13-17(21)6-3-7-18(13)25-20(26)15-8-9-19(23-12-15)24-16-5-2-4-14(10-16)11-22/h2-10,12H,1H3,(H,23,24)(H,25,26). The van der Waals surface area contributed by atoms with Crippen LogP contribution in [0.15, 0.2) is 60.8 Å². The van der Waals surface area contributed by atoms with Crippen molar-refractivity contribution in [2.24, 2.45) is 0 Å². The Kier molecular flexibility index (Phi) is 5.16. The van der Waals surface area contributed by atoms with Gasteiger partial charge in [0.2, 0.25) is 0 Å². The summed E-state index contributed by atoms with van der Waals surface area (Å²) in [5.74, 6) is 0.316. The first-order valence-electron chi connectivity index (χ1n) is 7.86. The predicted octanol–water partition coefficient (Wildman–Crippen LogP) is 4.91. The number of aromatic nitrogens is 1. The van der Waals surface area contributed by atoms with E-state index < -0.39 is 0 Å². The van der Waals surface area contributed by atoms with Crippen molar-refractivity contribution in [1.29, 1.82) is 5.26 Å². The van der Waals surface area contributed by atoms with Crippen LogP contribution >= 0.6 is 11.6 Å². The molecule has 5 nitrogen and oxygen atoms in total. The van der Waals surface area contributed by atoms with E-state index in [4.69, 9.17) is 16.9 Å². The number of pyridine rings is 1. The number of rotatable bonds is 4. The first-order valence-corrected chi connectivity index (χ1v) is 8.24. The van der Waals surface area contributed by atoms with E-state index in [9.17, 15) is 4.79 Å². The summed E-state index contributed by atoms with van der Waals surface area (Å²) < 4.78 is 0. The number of halogens is 1. The molecule has 0 spiro atoms. The van der Waals surface area contributed by atoms with Crippen LogP contribution in [0.5, 0.6) is 0 Å². The molecule has 0 saturated heterocycles. The summed E-state index contributed by atoms with van der Waals surface area (Å²) >= 11 is 6.07. The molecular formula is C20H15ClN4O. The van der Waals surface area contributed by atoms with Crippen molar-refractivity contribution in [3.8, 4) is 6.07 Å². The van der Waals surface area contributed by atoms with Gasteiger partial charge in [-0.05, 0) is 55.0 Å². The molecule has 1 heterocycles. The number of carbonyl (C=O) groups is 1. The Hall–Kier alpha value is -3.36. The van der Waals surface area contributed by atoms with Crippen LogP contribution in [0.2, 0.25) is 5.02 Å². The molecule has 0 bridgehead atoms. The zero-order valence-electron chi connectivity index (χ0n) is 14.0. The zero-order valence-corrected chi connectivity index (χ0v) is 14.7. The molecule has 0 aliphatic heterocycles. The molecule has 6 heteroatoms.